The van der Waals surface area contributed by atoms with E-state index in [1.165, 1.54) is 0 Å². The summed E-state index contributed by atoms with van der Waals surface area (Å²) in [5.74, 6) is 2.30. The predicted octanol–water partition coefficient (Wildman–Crippen LogP) is 0.151. The molecule has 0 aromatic heterocycles. The van der Waals surface area contributed by atoms with Gasteiger partial charge in [0.1, 0.15) is 0 Å². The number of benzene rings is 1. The van der Waals surface area contributed by atoms with Crippen molar-refractivity contribution < 1.29 is 0 Å². The van der Waals surface area contributed by atoms with Crippen LogP contribution in [0.2, 0.25) is 0 Å². The molecule has 0 fully saturated rings. The van der Waals surface area contributed by atoms with Crippen molar-refractivity contribution in [3.63, 3.8) is 0 Å². The molecule has 1 aromatic rings. The van der Waals surface area contributed by atoms with Gasteiger partial charge in [-0.15, -0.1) is 0 Å². The molecule has 1 aromatic carbocycles. The molecule has 0 heterocycles. The molecular weight excluding hydrogens is 175 g/mol. The standard InChI is InChI=1S/C8H5Se/c1-2-7-3-5-8(9)6-4-7/h3-6,9H. The van der Waals surface area contributed by atoms with E-state index in [1.54, 1.807) is 0 Å². The summed E-state index contributed by atoms with van der Waals surface area (Å²) in [6.07, 6.45) is 6.76. The molecule has 0 saturated carbocycles. The van der Waals surface area contributed by atoms with Gasteiger partial charge in [0.15, 0.2) is 0 Å². The van der Waals surface area contributed by atoms with Gasteiger partial charge < -0.3 is 0 Å². The zero-order valence-corrected chi connectivity index (χ0v) is 6.63. The summed E-state index contributed by atoms with van der Waals surface area (Å²) in [6, 6.07) is 7.61. The number of rotatable bonds is 0. The van der Waals surface area contributed by atoms with Crippen LogP contribution in [0.15, 0.2) is 24.3 Å². The third-order valence-electron chi connectivity index (χ3n) is 1.01. The van der Waals surface area contributed by atoms with Crippen LogP contribution in [0, 0.1) is 12.3 Å². The van der Waals surface area contributed by atoms with Crippen LogP contribution in [-0.2, 0) is 0 Å². The fraction of sp³-hybridized carbons (Fsp3) is 0. The van der Waals surface area contributed by atoms with E-state index in [0.717, 1.165) is 10.0 Å². The van der Waals surface area contributed by atoms with Crippen LogP contribution in [0.3, 0.4) is 0 Å². The summed E-state index contributed by atoms with van der Waals surface area (Å²) in [4.78, 5) is 0. The van der Waals surface area contributed by atoms with Crippen molar-refractivity contribution in [3.05, 3.63) is 36.3 Å². The molecule has 9 heavy (non-hydrogen) atoms. The predicted molar refractivity (Wildman–Crippen MR) is 39.5 cm³/mol. The van der Waals surface area contributed by atoms with Gasteiger partial charge in [0, 0.05) is 0 Å². The Kier molecular flexibility index (Phi) is 1.95. The van der Waals surface area contributed by atoms with Crippen LogP contribution < -0.4 is 4.46 Å². The van der Waals surface area contributed by atoms with Gasteiger partial charge in [-0.05, 0) is 0 Å². The average Bonchev–Trinajstić information content (AvgIpc) is 1.90. The minimum absolute atomic E-state index is 0.824. The Morgan fingerprint density at radius 1 is 1.22 bits per heavy atom. The molecule has 0 bridgehead atoms. The molecular formula is C8H5Se. The molecule has 0 amide bonds. The van der Waals surface area contributed by atoms with E-state index in [4.69, 9.17) is 6.42 Å². The summed E-state index contributed by atoms with van der Waals surface area (Å²) in [6.45, 7) is 0. The zero-order chi connectivity index (χ0) is 6.69. The zero-order valence-electron chi connectivity index (χ0n) is 4.76. The second-order valence-corrected chi connectivity index (χ2v) is 2.76. The van der Waals surface area contributed by atoms with Crippen molar-refractivity contribution >= 4 is 20.5 Å². The van der Waals surface area contributed by atoms with Gasteiger partial charge in [0.2, 0.25) is 0 Å². The third-order valence-corrected chi connectivity index (χ3v) is 1.64. The van der Waals surface area contributed by atoms with E-state index >= 15 is 0 Å². The van der Waals surface area contributed by atoms with E-state index in [0.29, 0.717) is 0 Å². The third kappa shape index (κ3) is 1.61. The van der Waals surface area contributed by atoms with Gasteiger partial charge in [-0.25, -0.2) is 0 Å². The van der Waals surface area contributed by atoms with E-state index < -0.39 is 0 Å². The first-order valence-corrected chi connectivity index (χ1v) is 3.48. The molecule has 0 aliphatic rings. The maximum atomic E-state index is 6.76. The summed E-state index contributed by atoms with van der Waals surface area (Å²) < 4.78 is 1.15. The Morgan fingerprint density at radius 3 is 2.22 bits per heavy atom. The Labute approximate surface area is 63.1 Å². The van der Waals surface area contributed by atoms with Crippen LogP contribution in [0.4, 0.5) is 0 Å². The first kappa shape index (κ1) is 6.42. The molecule has 0 saturated heterocycles. The summed E-state index contributed by atoms with van der Waals surface area (Å²) >= 11 is 2.44. The van der Waals surface area contributed by atoms with Crippen molar-refractivity contribution in [3.8, 4) is 5.92 Å². The SMILES string of the molecule is [C]#Cc1ccc([SeH])cc1. The number of hydrogen-bond donors (Lipinski definition) is 0. The van der Waals surface area contributed by atoms with Crippen LogP contribution in [0.1, 0.15) is 5.56 Å². The maximum absolute atomic E-state index is 6.76. The molecule has 0 aliphatic heterocycles. The van der Waals surface area contributed by atoms with E-state index in [1.807, 2.05) is 24.3 Å². The summed E-state index contributed by atoms with van der Waals surface area (Å²) in [5, 5.41) is 0. The summed E-state index contributed by atoms with van der Waals surface area (Å²) in [5.41, 5.74) is 0.824. The number of hydrogen-bond acceptors (Lipinski definition) is 0. The Balaban J connectivity index is 3.06. The van der Waals surface area contributed by atoms with Gasteiger partial charge in [0.25, 0.3) is 0 Å². The molecule has 1 heteroatoms. The molecule has 0 aliphatic carbocycles. The molecule has 0 spiro atoms. The monoisotopic (exact) mass is 181 g/mol. The Morgan fingerprint density at radius 2 is 1.78 bits per heavy atom. The van der Waals surface area contributed by atoms with E-state index in [2.05, 4.69) is 21.9 Å². The quantitative estimate of drug-likeness (QED) is 0.394. The molecule has 0 nitrogen and oxygen atoms in total. The minimum atomic E-state index is 0.824. The normalized spacial score (nSPS) is 8.44. The average molecular weight is 180 g/mol. The molecule has 1 rings (SSSR count). The molecule has 0 N–H and O–H groups in total. The molecule has 1 radical (unpaired) electrons. The summed E-state index contributed by atoms with van der Waals surface area (Å²) in [7, 11) is 0. The van der Waals surface area contributed by atoms with E-state index in [-0.39, 0.29) is 0 Å². The molecule has 43 valence electrons. The topological polar surface area (TPSA) is 0 Å². The van der Waals surface area contributed by atoms with Crippen molar-refractivity contribution in [2.24, 2.45) is 0 Å². The van der Waals surface area contributed by atoms with Crippen LogP contribution in [0.25, 0.3) is 0 Å². The molecule has 0 atom stereocenters. The fourth-order valence-electron chi connectivity index (χ4n) is 0.545. The molecule has 0 unspecified atom stereocenters. The van der Waals surface area contributed by atoms with Crippen LogP contribution in [-0.4, -0.2) is 16.0 Å². The Bertz CT molecular complexity index is 228. The van der Waals surface area contributed by atoms with Crippen molar-refractivity contribution in [2.75, 3.05) is 0 Å². The fourth-order valence-corrected chi connectivity index (χ4v) is 0.858. The van der Waals surface area contributed by atoms with E-state index in [9.17, 15) is 0 Å². The second-order valence-electron chi connectivity index (χ2n) is 1.67. The van der Waals surface area contributed by atoms with Crippen molar-refractivity contribution in [1.29, 1.82) is 0 Å². The van der Waals surface area contributed by atoms with Gasteiger partial charge in [-0.1, -0.05) is 0 Å². The van der Waals surface area contributed by atoms with Crippen molar-refractivity contribution in [1.82, 2.24) is 0 Å². The first-order chi connectivity index (χ1) is 4.33. The van der Waals surface area contributed by atoms with Gasteiger partial charge in [-0.2, -0.15) is 0 Å². The van der Waals surface area contributed by atoms with Crippen LogP contribution >= 0.6 is 0 Å². The Hall–Kier alpha value is -0.701. The van der Waals surface area contributed by atoms with Crippen molar-refractivity contribution in [2.45, 2.75) is 0 Å². The van der Waals surface area contributed by atoms with Gasteiger partial charge in [-0.3, -0.25) is 0 Å². The first-order valence-electron chi connectivity index (χ1n) is 2.54. The second kappa shape index (κ2) is 2.73. The van der Waals surface area contributed by atoms with Gasteiger partial charge in [0.05, 0.1) is 0 Å². The van der Waals surface area contributed by atoms with Crippen LogP contribution in [0.5, 0.6) is 0 Å². The van der Waals surface area contributed by atoms with Gasteiger partial charge >= 0.3 is 62.6 Å².